The highest BCUT2D eigenvalue weighted by molar-refractivity contribution is 4.94. The maximum absolute atomic E-state index is 10.3. The van der Waals surface area contributed by atoms with Crippen LogP contribution in [0.2, 0.25) is 0 Å². The van der Waals surface area contributed by atoms with Gasteiger partial charge in [-0.25, -0.2) is 0 Å². The highest BCUT2D eigenvalue weighted by atomic mass is 16.8. The first-order valence-electron chi connectivity index (χ1n) is 6.79. The second-order valence-corrected chi connectivity index (χ2v) is 6.17. The smallest absolute Gasteiger partial charge is 0.164 e. The summed E-state index contributed by atoms with van der Waals surface area (Å²) in [6, 6.07) is 0. The average molecular weight is 292 g/mol. The Morgan fingerprint density at radius 3 is 2.25 bits per heavy atom. The molecule has 7 nitrogen and oxygen atoms in total. The van der Waals surface area contributed by atoms with Crippen LogP contribution in [0.15, 0.2) is 0 Å². The summed E-state index contributed by atoms with van der Waals surface area (Å²) in [5.41, 5.74) is 0. The third-order valence-corrected chi connectivity index (χ3v) is 3.48. The fourth-order valence-corrected chi connectivity index (χ4v) is 2.59. The summed E-state index contributed by atoms with van der Waals surface area (Å²) in [4.78, 5) is 0. The van der Waals surface area contributed by atoms with E-state index in [0.29, 0.717) is 0 Å². The Morgan fingerprint density at radius 1 is 1.10 bits per heavy atom. The van der Waals surface area contributed by atoms with Gasteiger partial charge >= 0.3 is 0 Å². The molecule has 0 aromatic carbocycles. The first-order valence-corrected chi connectivity index (χ1v) is 6.79. The molecule has 2 aliphatic rings. The van der Waals surface area contributed by atoms with E-state index in [0.717, 1.165) is 0 Å². The van der Waals surface area contributed by atoms with Crippen LogP contribution in [0, 0.1) is 0 Å². The summed E-state index contributed by atoms with van der Waals surface area (Å²) in [6.45, 7) is 6.71. The van der Waals surface area contributed by atoms with Gasteiger partial charge in [-0.2, -0.15) is 0 Å². The zero-order chi connectivity index (χ0) is 15.1. The van der Waals surface area contributed by atoms with Gasteiger partial charge in [0.1, 0.15) is 30.5 Å². The molecule has 3 N–H and O–H groups in total. The van der Waals surface area contributed by atoms with Crippen molar-refractivity contribution in [2.24, 2.45) is 0 Å². The minimum Gasteiger partial charge on any atom is -0.394 e. The van der Waals surface area contributed by atoms with E-state index in [1.165, 1.54) is 0 Å². The minimum atomic E-state index is -1.19. The summed E-state index contributed by atoms with van der Waals surface area (Å²) >= 11 is 0. The topological polar surface area (TPSA) is 97.6 Å². The molecule has 0 aromatic rings. The minimum absolute atomic E-state index is 0.284. The zero-order valence-electron chi connectivity index (χ0n) is 12.3. The highest BCUT2D eigenvalue weighted by Crippen LogP contribution is 2.35. The molecule has 0 amide bonds. The number of aliphatic hydroxyl groups excluding tert-OH is 3. The second-order valence-electron chi connectivity index (χ2n) is 6.17. The molecule has 0 saturated carbocycles. The molecule has 0 aliphatic carbocycles. The van der Waals surface area contributed by atoms with Crippen molar-refractivity contribution in [1.82, 2.24) is 0 Å². The molecular formula is C13H24O7. The van der Waals surface area contributed by atoms with Crippen molar-refractivity contribution in [3.05, 3.63) is 0 Å². The van der Waals surface area contributed by atoms with Crippen molar-refractivity contribution < 1.29 is 34.3 Å². The first-order chi connectivity index (χ1) is 9.15. The molecule has 2 heterocycles. The summed E-state index contributed by atoms with van der Waals surface area (Å²) in [5, 5.41) is 29.2. The lowest BCUT2D eigenvalue weighted by molar-refractivity contribution is -0.359. The van der Waals surface area contributed by atoms with Crippen molar-refractivity contribution in [1.29, 1.82) is 0 Å². The maximum atomic E-state index is 10.3. The van der Waals surface area contributed by atoms with Crippen LogP contribution in [-0.2, 0) is 18.9 Å². The molecule has 0 bridgehead atoms. The van der Waals surface area contributed by atoms with Gasteiger partial charge in [-0.05, 0) is 27.7 Å². The lowest BCUT2D eigenvalue weighted by Gasteiger charge is -2.46. The van der Waals surface area contributed by atoms with E-state index in [4.69, 9.17) is 24.1 Å². The lowest BCUT2D eigenvalue weighted by atomic mass is 9.97. The van der Waals surface area contributed by atoms with Gasteiger partial charge in [0, 0.05) is 0 Å². The third kappa shape index (κ3) is 3.30. The SMILES string of the molecule is CC1(C)O[C@@H]([C@@H](O)CO)[C@@H](O)[C@@H]([C@H]2COC(C)(C)O2)O1. The fourth-order valence-electron chi connectivity index (χ4n) is 2.59. The van der Waals surface area contributed by atoms with Crippen LogP contribution in [0.25, 0.3) is 0 Å². The number of hydrogen-bond donors (Lipinski definition) is 3. The predicted molar refractivity (Wildman–Crippen MR) is 67.8 cm³/mol. The van der Waals surface area contributed by atoms with E-state index in [1.54, 1.807) is 27.7 Å². The van der Waals surface area contributed by atoms with Gasteiger partial charge in [0.05, 0.1) is 13.2 Å². The molecule has 20 heavy (non-hydrogen) atoms. The predicted octanol–water partition coefficient (Wildman–Crippen LogP) is -0.628. The van der Waals surface area contributed by atoms with Crippen LogP contribution >= 0.6 is 0 Å². The third-order valence-electron chi connectivity index (χ3n) is 3.48. The Bertz CT molecular complexity index is 344. The summed E-state index contributed by atoms with van der Waals surface area (Å²) in [6.07, 6.45) is -4.41. The second kappa shape index (κ2) is 5.49. The van der Waals surface area contributed by atoms with E-state index in [-0.39, 0.29) is 6.61 Å². The van der Waals surface area contributed by atoms with E-state index >= 15 is 0 Å². The number of hydrogen-bond acceptors (Lipinski definition) is 7. The quantitative estimate of drug-likeness (QED) is 0.637. The Balaban J connectivity index is 2.15. The van der Waals surface area contributed by atoms with Crippen molar-refractivity contribution in [2.45, 2.75) is 69.8 Å². The van der Waals surface area contributed by atoms with E-state index in [1.807, 2.05) is 0 Å². The Kier molecular flexibility index (Phi) is 4.42. The molecule has 0 spiro atoms. The molecule has 0 unspecified atom stereocenters. The lowest BCUT2D eigenvalue weighted by Crippen LogP contribution is -2.62. The molecule has 2 fully saturated rings. The van der Waals surface area contributed by atoms with Gasteiger partial charge < -0.3 is 34.3 Å². The van der Waals surface area contributed by atoms with Crippen molar-refractivity contribution in [3.8, 4) is 0 Å². The van der Waals surface area contributed by atoms with E-state index in [9.17, 15) is 10.2 Å². The normalized spacial score (nSPS) is 41.5. The number of ether oxygens (including phenoxy) is 4. The molecular weight excluding hydrogens is 268 g/mol. The molecule has 2 aliphatic heterocycles. The van der Waals surface area contributed by atoms with Gasteiger partial charge in [-0.1, -0.05) is 0 Å². The molecule has 2 saturated heterocycles. The standard InChI is InChI=1S/C13H24O7/c1-12(2)17-6-8(18-12)11-9(16)10(7(15)5-14)19-13(3,4)20-11/h7-11,14-16H,5-6H2,1-4H3/t7-,8+,9+,10-,11+/m0/s1. The first kappa shape index (κ1) is 16.1. The van der Waals surface area contributed by atoms with Crippen LogP contribution in [0.1, 0.15) is 27.7 Å². The maximum Gasteiger partial charge on any atom is 0.164 e. The summed E-state index contributed by atoms with van der Waals surface area (Å²) in [5.74, 6) is -1.73. The van der Waals surface area contributed by atoms with Gasteiger partial charge in [-0.15, -0.1) is 0 Å². The van der Waals surface area contributed by atoms with E-state index in [2.05, 4.69) is 0 Å². The van der Waals surface area contributed by atoms with Gasteiger partial charge in [-0.3, -0.25) is 0 Å². The monoisotopic (exact) mass is 292 g/mol. The summed E-state index contributed by atoms with van der Waals surface area (Å²) in [7, 11) is 0. The highest BCUT2D eigenvalue weighted by Gasteiger charge is 2.51. The van der Waals surface area contributed by atoms with Crippen LogP contribution in [0.5, 0.6) is 0 Å². The molecule has 118 valence electrons. The zero-order valence-corrected chi connectivity index (χ0v) is 12.3. The van der Waals surface area contributed by atoms with Crippen molar-refractivity contribution >= 4 is 0 Å². The number of rotatable bonds is 3. The van der Waals surface area contributed by atoms with Crippen LogP contribution < -0.4 is 0 Å². The van der Waals surface area contributed by atoms with Crippen LogP contribution in [0.3, 0.4) is 0 Å². The van der Waals surface area contributed by atoms with Crippen LogP contribution in [0.4, 0.5) is 0 Å². The largest absolute Gasteiger partial charge is 0.394 e. The van der Waals surface area contributed by atoms with E-state index < -0.39 is 48.7 Å². The Morgan fingerprint density at radius 2 is 1.75 bits per heavy atom. The Labute approximate surface area is 118 Å². The molecule has 7 heteroatoms. The van der Waals surface area contributed by atoms with Crippen molar-refractivity contribution in [2.75, 3.05) is 13.2 Å². The molecule has 5 atom stereocenters. The summed E-state index contributed by atoms with van der Waals surface area (Å²) < 4.78 is 22.4. The van der Waals surface area contributed by atoms with Crippen LogP contribution in [-0.4, -0.2) is 70.6 Å². The fraction of sp³-hybridized carbons (Fsp3) is 1.00. The Hall–Kier alpha value is -0.280. The molecule has 0 aromatic heterocycles. The molecule has 2 rings (SSSR count). The van der Waals surface area contributed by atoms with Gasteiger partial charge in [0.2, 0.25) is 0 Å². The number of aliphatic hydroxyl groups is 3. The van der Waals surface area contributed by atoms with Crippen molar-refractivity contribution in [3.63, 3.8) is 0 Å². The van der Waals surface area contributed by atoms with Gasteiger partial charge in [0.25, 0.3) is 0 Å². The average Bonchev–Trinajstić information content (AvgIpc) is 2.71. The van der Waals surface area contributed by atoms with Gasteiger partial charge in [0.15, 0.2) is 11.6 Å². The molecule has 0 radical (unpaired) electrons.